The second-order valence-electron chi connectivity index (χ2n) is 5.62. The quantitative estimate of drug-likeness (QED) is 0.901. The summed E-state index contributed by atoms with van der Waals surface area (Å²) in [6.07, 6.45) is 3.81. The van der Waals surface area contributed by atoms with Crippen LogP contribution in [0.15, 0.2) is 18.2 Å². The Morgan fingerprint density at radius 3 is 2.79 bits per heavy atom. The number of likely N-dealkylation sites (tertiary alicyclic amines) is 1. The van der Waals surface area contributed by atoms with Crippen molar-refractivity contribution in [3.8, 4) is 6.07 Å². The second-order valence-corrected chi connectivity index (χ2v) is 5.62. The highest BCUT2D eigenvalue weighted by Crippen LogP contribution is 2.21. The van der Waals surface area contributed by atoms with Crippen molar-refractivity contribution in [3.63, 3.8) is 0 Å². The number of hydrogen-bond acceptors (Lipinski definition) is 3. The van der Waals surface area contributed by atoms with E-state index in [1.54, 1.807) is 0 Å². The molecule has 1 aliphatic heterocycles. The first-order valence-corrected chi connectivity index (χ1v) is 7.12. The molecule has 0 aromatic heterocycles. The molecule has 0 spiro atoms. The maximum atomic E-state index is 9.12. The number of rotatable bonds is 4. The van der Waals surface area contributed by atoms with Crippen LogP contribution >= 0.6 is 0 Å². The molecule has 1 saturated heterocycles. The fourth-order valence-corrected chi connectivity index (χ4v) is 2.67. The summed E-state index contributed by atoms with van der Waals surface area (Å²) in [5, 5.41) is 12.5. The van der Waals surface area contributed by atoms with Crippen LogP contribution in [0.3, 0.4) is 0 Å². The Morgan fingerprint density at radius 2 is 2.11 bits per heavy atom. The maximum absolute atomic E-state index is 9.12. The molecule has 1 aromatic carbocycles. The lowest BCUT2D eigenvalue weighted by molar-refractivity contribution is 0.215. The lowest BCUT2D eigenvalue weighted by Crippen LogP contribution is -2.30. The fourth-order valence-electron chi connectivity index (χ4n) is 2.67. The number of hydrogen-bond donors (Lipinski definition) is 1. The van der Waals surface area contributed by atoms with E-state index in [1.807, 2.05) is 19.1 Å². The van der Waals surface area contributed by atoms with Gasteiger partial charge in [-0.1, -0.05) is 6.07 Å². The predicted octanol–water partition coefficient (Wildman–Crippen LogP) is 3.01. The van der Waals surface area contributed by atoms with Crippen LogP contribution in [0.2, 0.25) is 0 Å². The van der Waals surface area contributed by atoms with Crippen molar-refractivity contribution in [2.45, 2.75) is 26.2 Å². The molecule has 0 aliphatic carbocycles. The first kappa shape index (κ1) is 13.9. The lowest BCUT2D eigenvalue weighted by atomic mass is 9.94. The minimum absolute atomic E-state index is 0.753. The van der Waals surface area contributed by atoms with Gasteiger partial charge in [0.2, 0.25) is 0 Å². The molecule has 0 unspecified atom stereocenters. The molecule has 0 bridgehead atoms. The van der Waals surface area contributed by atoms with Crippen LogP contribution in [0.25, 0.3) is 0 Å². The Kier molecular flexibility index (Phi) is 4.81. The monoisotopic (exact) mass is 257 g/mol. The highest BCUT2D eigenvalue weighted by Gasteiger charge is 2.16. The highest BCUT2D eigenvalue weighted by molar-refractivity contribution is 5.58. The topological polar surface area (TPSA) is 39.1 Å². The molecule has 1 heterocycles. The third-order valence-corrected chi connectivity index (χ3v) is 4.00. The molecule has 3 nitrogen and oxygen atoms in total. The number of nitrogens with one attached hydrogen (secondary N) is 1. The van der Waals surface area contributed by atoms with E-state index < -0.39 is 0 Å². The number of piperidine rings is 1. The molecule has 2 rings (SSSR count). The van der Waals surface area contributed by atoms with Gasteiger partial charge in [0.1, 0.15) is 6.07 Å². The van der Waals surface area contributed by atoms with E-state index in [9.17, 15) is 0 Å². The molecule has 102 valence electrons. The summed E-state index contributed by atoms with van der Waals surface area (Å²) < 4.78 is 0. The van der Waals surface area contributed by atoms with E-state index in [1.165, 1.54) is 32.4 Å². The third-order valence-electron chi connectivity index (χ3n) is 4.00. The Labute approximate surface area is 116 Å². The molecule has 3 heteroatoms. The number of benzene rings is 1. The molecule has 19 heavy (non-hydrogen) atoms. The van der Waals surface area contributed by atoms with Crippen LogP contribution < -0.4 is 5.32 Å². The summed E-state index contributed by atoms with van der Waals surface area (Å²) in [4.78, 5) is 2.40. The Bertz CT molecular complexity index is 454. The van der Waals surface area contributed by atoms with Crippen molar-refractivity contribution in [2.24, 2.45) is 5.92 Å². The van der Waals surface area contributed by atoms with E-state index in [4.69, 9.17) is 5.26 Å². The zero-order valence-electron chi connectivity index (χ0n) is 11.9. The third kappa shape index (κ3) is 3.97. The Hall–Kier alpha value is -1.53. The molecule has 1 N–H and O–H groups in total. The normalized spacial score (nSPS) is 17.1. The second kappa shape index (κ2) is 6.58. The highest BCUT2D eigenvalue weighted by atomic mass is 15.1. The summed E-state index contributed by atoms with van der Waals surface area (Å²) in [5.74, 6) is 0.833. The van der Waals surface area contributed by atoms with Gasteiger partial charge in [-0.05, 0) is 69.9 Å². The van der Waals surface area contributed by atoms with Gasteiger partial charge >= 0.3 is 0 Å². The molecule has 0 saturated carbocycles. The van der Waals surface area contributed by atoms with Crippen LogP contribution in [0.1, 0.15) is 30.4 Å². The molecule has 0 radical (unpaired) electrons. The predicted molar refractivity (Wildman–Crippen MR) is 79.2 cm³/mol. The maximum Gasteiger partial charge on any atom is 0.101 e. The first-order chi connectivity index (χ1) is 9.19. The number of nitriles is 1. The van der Waals surface area contributed by atoms with Crippen LogP contribution in [0.5, 0.6) is 0 Å². The van der Waals surface area contributed by atoms with E-state index in [0.29, 0.717) is 0 Å². The van der Waals surface area contributed by atoms with Gasteiger partial charge in [0.15, 0.2) is 0 Å². The van der Waals surface area contributed by atoms with E-state index in [2.05, 4.69) is 29.4 Å². The summed E-state index contributed by atoms with van der Waals surface area (Å²) in [6.45, 7) is 5.42. The SMILES string of the molecule is Cc1ccc(NCCC2CCN(C)CC2)c(C#N)c1. The van der Waals surface area contributed by atoms with Crippen LogP contribution in [-0.2, 0) is 0 Å². The Balaban J connectivity index is 1.81. The van der Waals surface area contributed by atoms with Crippen LogP contribution in [0, 0.1) is 24.2 Å². The smallest absolute Gasteiger partial charge is 0.101 e. The van der Waals surface area contributed by atoms with Gasteiger partial charge in [-0.15, -0.1) is 0 Å². The summed E-state index contributed by atoms with van der Waals surface area (Å²) in [7, 11) is 2.19. The zero-order chi connectivity index (χ0) is 13.7. The Morgan fingerprint density at radius 1 is 1.37 bits per heavy atom. The number of anilines is 1. The molecular weight excluding hydrogens is 234 g/mol. The summed E-state index contributed by atoms with van der Waals surface area (Å²) in [5.41, 5.74) is 2.86. The average molecular weight is 257 g/mol. The molecular formula is C16H23N3. The van der Waals surface area contributed by atoms with Gasteiger partial charge in [0, 0.05) is 6.54 Å². The standard InChI is InChI=1S/C16H23N3/c1-13-3-4-16(15(11-13)12-17)18-8-5-14-6-9-19(2)10-7-14/h3-4,11,14,18H,5-10H2,1-2H3. The molecule has 0 amide bonds. The van der Waals surface area contributed by atoms with Crippen molar-refractivity contribution >= 4 is 5.69 Å². The average Bonchev–Trinajstić information content (AvgIpc) is 2.42. The van der Waals surface area contributed by atoms with Crippen molar-refractivity contribution in [1.82, 2.24) is 4.90 Å². The van der Waals surface area contributed by atoms with Gasteiger partial charge < -0.3 is 10.2 Å². The van der Waals surface area contributed by atoms with Crippen molar-refractivity contribution in [1.29, 1.82) is 5.26 Å². The first-order valence-electron chi connectivity index (χ1n) is 7.12. The molecule has 1 aromatic rings. The van der Waals surface area contributed by atoms with E-state index in [-0.39, 0.29) is 0 Å². The molecule has 1 aliphatic rings. The largest absolute Gasteiger partial charge is 0.384 e. The van der Waals surface area contributed by atoms with Crippen LogP contribution in [-0.4, -0.2) is 31.6 Å². The summed E-state index contributed by atoms with van der Waals surface area (Å²) >= 11 is 0. The molecule has 0 atom stereocenters. The number of nitrogens with zero attached hydrogens (tertiary/aromatic N) is 2. The van der Waals surface area contributed by atoms with Crippen LogP contribution in [0.4, 0.5) is 5.69 Å². The van der Waals surface area contributed by atoms with E-state index in [0.717, 1.165) is 29.3 Å². The van der Waals surface area contributed by atoms with E-state index >= 15 is 0 Å². The van der Waals surface area contributed by atoms with Gasteiger partial charge in [0.25, 0.3) is 0 Å². The van der Waals surface area contributed by atoms with Crippen molar-refractivity contribution < 1.29 is 0 Å². The van der Waals surface area contributed by atoms with Gasteiger partial charge in [0.05, 0.1) is 11.3 Å². The minimum atomic E-state index is 0.753. The molecule has 1 fully saturated rings. The summed E-state index contributed by atoms with van der Waals surface area (Å²) in [6, 6.07) is 8.27. The zero-order valence-corrected chi connectivity index (χ0v) is 11.9. The minimum Gasteiger partial charge on any atom is -0.384 e. The van der Waals surface area contributed by atoms with Gasteiger partial charge in [-0.2, -0.15) is 5.26 Å². The fraction of sp³-hybridized carbons (Fsp3) is 0.562. The lowest BCUT2D eigenvalue weighted by Gasteiger charge is -2.29. The van der Waals surface area contributed by atoms with Gasteiger partial charge in [-0.3, -0.25) is 0 Å². The van der Waals surface area contributed by atoms with Crippen molar-refractivity contribution in [3.05, 3.63) is 29.3 Å². The van der Waals surface area contributed by atoms with Gasteiger partial charge in [-0.25, -0.2) is 0 Å². The van der Waals surface area contributed by atoms with Crippen molar-refractivity contribution in [2.75, 3.05) is 32.0 Å². The number of aryl methyl sites for hydroxylation is 1.